The van der Waals surface area contributed by atoms with Crippen molar-refractivity contribution < 1.29 is 10.2 Å². The van der Waals surface area contributed by atoms with Gasteiger partial charge in [-0.15, -0.1) is 0 Å². The first-order chi connectivity index (χ1) is 13.0. The van der Waals surface area contributed by atoms with E-state index in [0.717, 1.165) is 61.7 Å². The number of aliphatic hydroxyl groups is 1. The van der Waals surface area contributed by atoms with E-state index in [4.69, 9.17) is 4.98 Å². The molecular formula is C21H30N4O2. The lowest BCUT2D eigenvalue weighted by Crippen LogP contribution is -2.44. The van der Waals surface area contributed by atoms with Crippen LogP contribution in [0.5, 0.6) is 5.75 Å². The van der Waals surface area contributed by atoms with Crippen molar-refractivity contribution in [1.82, 2.24) is 15.3 Å². The molecule has 27 heavy (non-hydrogen) atoms. The second kappa shape index (κ2) is 9.15. The predicted molar refractivity (Wildman–Crippen MR) is 107 cm³/mol. The molecule has 1 atom stereocenters. The number of aromatic hydroxyl groups is 1. The summed E-state index contributed by atoms with van der Waals surface area (Å²) in [6.07, 6.45) is 3.45. The summed E-state index contributed by atoms with van der Waals surface area (Å²) in [5, 5.41) is 23.1. The highest BCUT2D eigenvalue weighted by Gasteiger charge is 2.21. The molecule has 0 unspecified atom stereocenters. The summed E-state index contributed by atoms with van der Waals surface area (Å²) in [4.78, 5) is 11.6. The van der Waals surface area contributed by atoms with Crippen LogP contribution in [0.25, 0.3) is 0 Å². The van der Waals surface area contributed by atoms with Crippen molar-refractivity contribution in [2.24, 2.45) is 0 Å². The number of anilines is 1. The van der Waals surface area contributed by atoms with Gasteiger partial charge in [0.2, 0.25) is 0 Å². The van der Waals surface area contributed by atoms with Gasteiger partial charge in [-0.05, 0) is 43.9 Å². The molecule has 6 heteroatoms. The van der Waals surface area contributed by atoms with Crippen molar-refractivity contribution in [3.05, 3.63) is 47.4 Å². The Morgan fingerprint density at radius 1 is 1.19 bits per heavy atom. The topological polar surface area (TPSA) is 81.5 Å². The van der Waals surface area contributed by atoms with Crippen LogP contribution in [0.1, 0.15) is 49.4 Å². The fourth-order valence-corrected chi connectivity index (χ4v) is 3.51. The number of aliphatic hydroxyl groups excluding tert-OH is 1. The maximum Gasteiger partial charge on any atom is 0.132 e. The largest absolute Gasteiger partial charge is 0.508 e. The number of rotatable bonds is 7. The third-order valence-electron chi connectivity index (χ3n) is 5.06. The Morgan fingerprint density at radius 2 is 1.89 bits per heavy atom. The highest BCUT2D eigenvalue weighted by molar-refractivity contribution is 5.40. The first-order valence-electron chi connectivity index (χ1n) is 9.85. The number of hydrogen-bond acceptors (Lipinski definition) is 6. The van der Waals surface area contributed by atoms with E-state index >= 15 is 0 Å². The van der Waals surface area contributed by atoms with Crippen molar-refractivity contribution in [3.8, 4) is 5.75 Å². The van der Waals surface area contributed by atoms with Gasteiger partial charge in [0.15, 0.2) is 0 Å². The van der Waals surface area contributed by atoms with E-state index in [1.54, 1.807) is 24.3 Å². The van der Waals surface area contributed by atoms with Gasteiger partial charge in [0.1, 0.15) is 17.4 Å². The van der Waals surface area contributed by atoms with Gasteiger partial charge in [0.05, 0.1) is 6.10 Å². The molecule has 3 rings (SSSR count). The van der Waals surface area contributed by atoms with Gasteiger partial charge in [-0.25, -0.2) is 9.97 Å². The second-order valence-corrected chi connectivity index (χ2v) is 7.31. The molecule has 3 N–H and O–H groups in total. The number of hydrogen-bond donors (Lipinski definition) is 3. The van der Waals surface area contributed by atoms with Gasteiger partial charge in [-0.1, -0.05) is 19.1 Å². The Kier molecular flexibility index (Phi) is 6.63. The first kappa shape index (κ1) is 19.6. The normalized spacial score (nSPS) is 16.5. The Labute approximate surface area is 161 Å². The van der Waals surface area contributed by atoms with E-state index in [2.05, 4.69) is 28.2 Å². The van der Waals surface area contributed by atoms with Crippen LogP contribution in [0.2, 0.25) is 0 Å². The van der Waals surface area contributed by atoms with Crippen molar-refractivity contribution in [2.45, 2.75) is 51.7 Å². The molecule has 0 radical (unpaired) electrons. The lowest BCUT2D eigenvalue weighted by Gasteiger charge is -2.34. The summed E-state index contributed by atoms with van der Waals surface area (Å²) in [5.74, 6) is 2.19. The average Bonchev–Trinajstić information content (AvgIpc) is 2.67. The third kappa shape index (κ3) is 5.40. The van der Waals surface area contributed by atoms with Crippen LogP contribution in [0, 0.1) is 6.92 Å². The van der Waals surface area contributed by atoms with E-state index in [9.17, 15) is 10.2 Å². The lowest BCUT2D eigenvalue weighted by atomic mass is 10.0. The molecule has 1 aliphatic heterocycles. The van der Waals surface area contributed by atoms with Gasteiger partial charge in [-0.2, -0.15) is 0 Å². The SMILES string of the molecule is CCCc1nc(C)cc(N2CCC(NC[C@@H](O)c3ccc(O)cc3)CC2)n1. The molecule has 1 fully saturated rings. The summed E-state index contributed by atoms with van der Waals surface area (Å²) in [6.45, 7) is 6.60. The molecule has 0 bridgehead atoms. The number of aromatic nitrogens is 2. The van der Waals surface area contributed by atoms with Crippen LogP contribution in [-0.2, 0) is 6.42 Å². The molecular weight excluding hydrogens is 340 g/mol. The maximum absolute atomic E-state index is 10.3. The van der Waals surface area contributed by atoms with Crippen molar-refractivity contribution in [1.29, 1.82) is 0 Å². The average molecular weight is 370 g/mol. The van der Waals surface area contributed by atoms with Gasteiger partial charge in [0, 0.05) is 43.9 Å². The zero-order valence-electron chi connectivity index (χ0n) is 16.2. The molecule has 1 aromatic heterocycles. The van der Waals surface area contributed by atoms with Crippen LogP contribution < -0.4 is 10.2 Å². The molecule has 2 heterocycles. The quantitative estimate of drug-likeness (QED) is 0.695. The maximum atomic E-state index is 10.3. The van der Waals surface area contributed by atoms with Crippen LogP contribution in [0.4, 0.5) is 5.82 Å². The van der Waals surface area contributed by atoms with Crippen molar-refractivity contribution in [3.63, 3.8) is 0 Å². The highest BCUT2D eigenvalue weighted by atomic mass is 16.3. The number of piperidine rings is 1. The van der Waals surface area contributed by atoms with Crippen LogP contribution in [-0.4, -0.2) is 45.9 Å². The number of phenolic OH excluding ortho intramolecular Hbond substituents is 1. The highest BCUT2D eigenvalue weighted by Crippen LogP contribution is 2.21. The molecule has 2 aromatic rings. The Bertz CT molecular complexity index is 727. The summed E-state index contributed by atoms with van der Waals surface area (Å²) in [6, 6.07) is 9.19. The minimum atomic E-state index is -0.565. The molecule has 146 valence electrons. The molecule has 0 aliphatic carbocycles. The van der Waals surface area contributed by atoms with Crippen molar-refractivity contribution >= 4 is 5.82 Å². The minimum Gasteiger partial charge on any atom is -0.508 e. The van der Waals surface area contributed by atoms with Crippen LogP contribution in [0.15, 0.2) is 30.3 Å². The Hall–Kier alpha value is -2.18. The van der Waals surface area contributed by atoms with E-state index in [0.29, 0.717) is 12.6 Å². The summed E-state index contributed by atoms with van der Waals surface area (Å²) < 4.78 is 0. The van der Waals surface area contributed by atoms with Crippen LogP contribution in [0.3, 0.4) is 0 Å². The monoisotopic (exact) mass is 370 g/mol. The van der Waals surface area contributed by atoms with E-state index in [1.807, 2.05) is 6.92 Å². The molecule has 0 amide bonds. The van der Waals surface area contributed by atoms with E-state index in [1.165, 1.54) is 0 Å². The van der Waals surface area contributed by atoms with Gasteiger partial charge >= 0.3 is 0 Å². The summed E-state index contributed by atoms with van der Waals surface area (Å²) in [7, 11) is 0. The van der Waals surface area contributed by atoms with Gasteiger partial charge in [-0.3, -0.25) is 0 Å². The Balaban J connectivity index is 1.49. The zero-order valence-corrected chi connectivity index (χ0v) is 16.2. The fourth-order valence-electron chi connectivity index (χ4n) is 3.51. The summed E-state index contributed by atoms with van der Waals surface area (Å²) >= 11 is 0. The minimum absolute atomic E-state index is 0.216. The van der Waals surface area contributed by atoms with Crippen molar-refractivity contribution in [2.75, 3.05) is 24.5 Å². The van der Waals surface area contributed by atoms with Crippen LogP contribution >= 0.6 is 0 Å². The molecule has 0 saturated carbocycles. The van der Waals surface area contributed by atoms with E-state index in [-0.39, 0.29) is 5.75 Å². The number of nitrogens with one attached hydrogen (secondary N) is 1. The number of aryl methyl sites for hydroxylation is 2. The zero-order chi connectivity index (χ0) is 19.2. The predicted octanol–water partition coefficient (Wildman–Crippen LogP) is 2.74. The second-order valence-electron chi connectivity index (χ2n) is 7.31. The van der Waals surface area contributed by atoms with Gasteiger partial charge < -0.3 is 20.4 Å². The smallest absolute Gasteiger partial charge is 0.132 e. The first-order valence-corrected chi connectivity index (χ1v) is 9.85. The Morgan fingerprint density at radius 3 is 2.56 bits per heavy atom. The number of phenols is 1. The fraction of sp³-hybridized carbons (Fsp3) is 0.524. The van der Waals surface area contributed by atoms with Gasteiger partial charge in [0.25, 0.3) is 0 Å². The number of nitrogens with zero attached hydrogens (tertiary/aromatic N) is 3. The molecule has 1 aliphatic rings. The number of benzene rings is 1. The molecule has 1 saturated heterocycles. The third-order valence-corrected chi connectivity index (χ3v) is 5.06. The van der Waals surface area contributed by atoms with E-state index < -0.39 is 6.10 Å². The summed E-state index contributed by atoms with van der Waals surface area (Å²) in [5.41, 5.74) is 1.85. The molecule has 6 nitrogen and oxygen atoms in total. The molecule has 0 spiro atoms. The standard InChI is InChI=1S/C21H30N4O2/c1-3-4-20-23-15(2)13-21(24-20)25-11-9-17(10-12-25)22-14-19(27)16-5-7-18(26)8-6-16/h5-8,13,17,19,22,26-27H,3-4,9-12,14H2,1-2H3/t19-/m1/s1. The lowest BCUT2D eigenvalue weighted by molar-refractivity contribution is 0.167. The molecule has 1 aromatic carbocycles.